The predicted octanol–water partition coefficient (Wildman–Crippen LogP) is 4.66. The monoisotopic (exact) mass is 391 g/mol. The molecule has 1 N–H and O–H groups in total. The zero-order valence-corrected chi connectivity index (χ0v) is 16.6. The molecule has 26 heavy (non-hydrogen) atoms. The number of methoxy groups -OCH3 is 1. The van der Waals surface area contributed by atoms with Crippen LogP contribution in [0.4, 0.5) is 0 Å². The number of amides is 1. The molecule has 0 aliphatic carbocycles. The van der Waals surface area contributed by atoms with Crippen LogP contribution in [0.25, 0.3) is 0 Å². The van der Waals surface area contributed by atoms with Crippen molar-refractivity contribution >= 4 is 35.1 Å². The number of halogens is 1. The topological polar surface area (TPSA) is 55.4 Å². The maximum Gasteiger partial charge on any atom is 0.230 e. The van der Waals surface area contributed by atoms with Crippen LogP contribution < -0.4 is 10.1 Å². The minimum atomic E-state index is -0.160. The Morgan fingerprint density at radius 1 is 1.23 bits per heavy atom. The highest BCUT2D eigenvalue weighted by Crippen LogP contribution is 2.25. The van der Waals surface area contributed by atoms with E-state index in [9.17, 15) is 9.59 Å². The van der Waals surface area contributed by atoms with Gasteiger partial charge in [-0.3, -0.25) is 9.59 Å². The van der Waals surface area contributed by atoms with Crippen molar-refractivity contribution < 1.29 is 14.3 Å². The SMILES string of the molecule is COc1ccc(C(C)=O)cc1CSCC(=O)N[C@@H](C)c1ccccc1Cl. The fraction of sp³-hybridized carbons (Fsp3) is 0.300. The normalized spacial score (nSPS) is 11.7. The molecule has 0 aliphatic rings. The second-order valence-corrected chi connectivity index (χ2v) is 7.28. The summed E-state index contributed by atoms with van der Waals surface area (Å²) in [7, 11) is 1.59. The molecule has 2 aromatic rings. The molecule has 0 saturated carbocycles. The number of carbonyl (C=O) groups is 2. The van der Waals surface area contributed by atoms with Crippen molar-refractivity contribution in [1.82, 2.24) is 5.32 Å². The van der Waals surface area contributed by atoms with E-state index in [1.54, 1.807) is 19.2 Å². The van der Waals surface area contributed by atoms with Crippen molar-refractivity contribution in [2.75, 3.05) is 12.9 Å². The maximum absolute atomic E-state index is 12.2. The van der Waals surface area contributed by atoms with Gasteiger partial charge in [0.15, 0.2) is 5.78 Å². The van der Waals surface area contributed by atoms with Crippen molar-refractivity contribution in [1.29, 1.82) is 0 Å². The Kier molecular flexibility index (Phi) is 7.54. The van der Waals surface area contributed by atoms with E-state index in [1.165, 1.54) is 18.7 Å². The Morgan fingerprint density at radius 3 is 2.62 bits per heavy atom. The molecule has 0 heterocycles. The van der Waals surface area contributed by atoms with E-state index in [0.29, 0.717) is 27.8 Å². The first-order chi connectivity index (χ1) is 12.4. The van der Waals surface area contributed by atoms with E-state index < -0.39 is 0 Å². The molecule has 0 aromatic heterocycles. The predicted molar refractivity (Wildman–Crippen MR) is 107 cm³/mol. The summed E-state index contributed by atoms with van der Waals surface area (Å²) < 4.78 is 5.33. The summed E-state index contributed by atoms with van der Waals surface area (Å²) >= 11 is 7.63. The van der Waals surface area contributed by atoms with Crippen LogP contribution in [0, 0.1) is 0 Å². The van der Waals surface area contributed by atoms with E-state index in [0.717, 1.165) is 11.1 Å². The smallest absolute Gasteiger partial charge is 0.230 e. The van der Waals surface area contributed by atoms with E-state index in [2.05, 4.69) is 5.32 Å². The number of ketones is 1. The standard InChI is InChI=1S/C20H22ClNO3S/c1-13(17-6-4-5-7-18(17)21)22-20(24)12-26-11-16-10-15(14(2)23)8-9-19(16)25-3/h4-10,13H,11-12H2,1-3H3,(H,22,24)/t13-/m0/s1. The Hall–Kier alpha value is -1.98. The van der Waals surface area contributed by atoms with Crippen LogP contribution in [0.15, 0.2) is 42.5 Å². The molecular weight excluding hydrogens is 370 g/mol. The van der Waals surface area contributed by atoms with Crippen LogP contribution in [0.1, 0.15) is 41.4 Å². The van der Waals surface area contributed by atoms with Crippen molar-refractivity contribution in [2.24, 2.45) is 0 Å². The highest BCUT2D eigenvalue weighted by Gasteiger charge is 2.13. The highest BCUT2D eigenvalue weighted by atomic mass is 35.5. The van der Waals surface area contributed by atoms with Gasteiger partial charge in [0.05, 0.1) is 18.9 Å². The number of Topliss-reactive ketones (excluding diaryl/α,β-unsaturated/α-hetero) is 1. The molecule has 1 atom stereocenters. The number of nitrogens with one attached hydrogen (secondary N) is 1. The molecular formula is C20H22ClNO3S. The number of benzene rings is 2. The van der Waals surface area contributed by atoms with Crippen molar-refractivity contribution in [2.45, 2.75) is 25.6 Å². The Bertz CT molecular complexity index is 794. The summed E-state index contributed by atoms with van der Waals surface area (Å²) in [6.45, 7) is 3.44. The number of carbonyl (C=O) groups excluding carboxylic acids is 2. The van der Waals surface area contributed by atoms with Gasteiger partial charge in [-0.2, -0.15) is 0 Å². The van der Waals surface area contributed by atoms with E-state index >= 15 is 0 Å². The molecule has 0 radical (unpaired) electrons. The minimum Gasteiger partial charge on any atom is -0.496 e. The molecule has 2 aromatic carbocycles. The third kappa shape index (κ3) is 5.51. The molecule has 138 valence electrons. The second kappa shape index (κ2) is 9.64. The molecule has 0 fully saturated rings. The van der Waals surface area contributed by atoms with Gasteiger partial charge in [0.2, 0.25) is 5.91 Å². The largest absolute Gasteiger partial charge is 0.496 e. The fourth-order valence-corrected chi connectivity index (χ4v) is 3.67. The molecule has 0 unspecified atom stereocenters. The lowest BCUT2D eigenvalue weighted by atomic mass is 10.1. The van der Waals surface area contributed by atoms with Crippen LogP contribution in [0.3, 0.4) is 0 Å². The third-order valence-corrected chi connectivity index (χ3v) is 5.25. The number of hydrogen-bond donors (Lipinski definition) is 1. The van der Waals surface area contributed by atoms with Crippen LogP contribution in [0.2, 0.25) is 5.02 Å². The van der Waals surface area contributed by atoms with E-state index in [-0.39, 0.29) is 17.7 Å². The first-order valence-corrected chi connectivity index (χ1v) is 9.75. The summed E-state index contributed by atoms with van der Waals surface area (Å²) in [5.41, 5.74) is 2.43. The van der Waals surface area contributed by atoms with Crippen LogP contribution >= 0.6 is 23.4 Å². The van der Waals surface area contributed by atoms with Crippen molar-refractivity contribution in [3.8, 4) is 5.75 Å². The van der Waals surface area contributed by atoms with Gasteiger partial charge >= 0.3 is 0 Å². The summed E-state index contributed by atoms with van der Waals surface area (Å²) in [4.78, 5) is 23.7. The lowest BCUT2D eigenvalue weighted by Crippen LogP contribution is -2.28. The Morgan fingerprint density at radius 2 is 1.96 bits per heavy atom. The Labute approximate surface area is 163 Å². The van der Waals surface area contributed by atoms with Gasteiger partial charge in [0, 0.05) is 21.9 Å². The van der Waals surface area contributed by atoms with Gasteiger partial charge in [0.25, 0.3) is 0 Å². The van der Waals surface area contributed by atoms with Gasteiger partial charge in [-0.25, -0.2) is 0 Å². The summed E-state index contributed by atoms with van der Waals surface area (Å²) in [5, 5.41) is 3.59. The van der Waals surface area contributed by atoms with E-state index in [1.807, 2.05) is 37.3 Å². The quantitative estimate of drug-likeness (QED) is 0.665. The third-order valence-electron chi connectivity index (χ3n) is 3.93. The van der Waals surface area contributed by atoms with E-state index in [4.69, 9.17) is 16.3 Å². The molecule has 2 rings (SSSR count). The molecule has 0 spiro atoms. The number of hydrogen-bond acceptors (Lipinski definition) is 4. The Balaban J connectivity index is 1.91. The highest BCUT2D eigenvalue weighted by molar-refractivity contribution is 7.99. The summed E-state index contributed by atoms with van der Waals surface area (Å²) in [5.74, 6) is 1.54. The van der Waals surface area contributed by atoms with Gasteiger partial charge in [-0.1, -0.05) is 29.8 Å². The molecule has 0 bridgehead atoms. The summed E-state index contributed by atoms with van der Waals surface area (Å²) in [6.07, 6.45) is 0. The first-order valence-electron chi connectivity index (χ1n) is 8.21. The summed E-state index contributed by atoms with van der Waals surface area (Å²) in [6, 6.07) is 12.7. The van der Waals surface area contributed by atoms with Gasteiger partial charge in [-0.15, -0.1) is 11.8 Å². The van der Waals surface area contributed by atoms with Crippen LogP contribution in [-0.2, 0) is 10.5 Å². The molecule has 0 aliphatic heterocycles. The van der Waals surface area contributed by atoms with Gasteiger partial charge in [0.1, 0.15) is 5.75 Å². The van der Waals surface area contributed by atoms with Crippen molar-refractivity contribution in [3.05, 3.63) is 64.2 Å². The fourth-order valence-electron chi connectivity index (χ4n) is 2.55. The van der Waals surface area contributed by atoms with Crippen LogP contribution in [-0.4, -0.2) is 24.6 Å². The second-order valence-electron chi connectivity index (χ2n) is 5.89. The van der Waals surface area contributed by atoms with Gasteiger partial charge < -0.3 is 10.1 Å². The molecule has 1 amide bonds. The lowest BCUT2D eigenvalue weighted by Gasteiger charge is -2.16. The molecule has 4 nitrogen and oxygen atoms in total. The molecule has 0 saturated heterocycles. The maximum atomic E-state index is 12.2. The minimum absolute atomic E-state index is 0.00482. The van der Waals surface area contributed by atoms with Gasteiger partial charge in [-0.05, 0) is 43.7 Å². The van der Waals surface area contributed by atoms with Crippen LogP contribution in [0.5, 0.6) is 5.75 Å². The number of rotatable bonds is 8. The average Bonchev–Trinajstić information content (AvgIpc) is 2.61. The zero-order valence-electron chi connectivity index (χ0n) is 15.0. The average molecular weight is 392 g/mol. The lowest BCUT2D eigenvalue weighted by molar-refractivity contribution is -0.119. The molecule has 6 heteroatoms. The first kappa shape index (κ1) is 20.3. The van der Waals surface area contributed by atoms with Crippen molar-refractivity contribution in [3.63, 3.8) is 0 Å². The number of ether oxygens (including phenoxy) is 1. The number of thioether (sulfide) groups is 1. The zero-order chi connectivity index (χ0) is 19.1.